The molecule has 43 heavy (non-hydrogen) atoms. The number of nitrogens with one attached hydrogen (secondary N) is 2. The van der Waals surface area contributed by atoms with Gasteiger partial charge < -0.3 is 10.1 Å². The Morgan fingerprint density at radius 1 is 0.953 bits per heavy atom. The highest BCUT2D eigenvalue weighted by Crippen LogP contribution is 2.34. The Labute approximate surface area is 252 Å². The van der Waals surface area contributed by atoms with Crippen molar-refractivity contribution in [3.8, 4) is 16.8 Å². The van der Waals surface area contributed by atoms with Crippen molar-refractivity contribution in [1.29, 1.82) is 0 Å². The fourth-order valence-electron chi connectivity index (χ4n) is 5.45. The lowest BCUT2D eigenvalue weighted by Gasteiger charge is -2.22. The van der Waals surface area contributed by atoms with Crippen LogP contribution in [-0.2, 0) is 16.6 Å². The molecular weight excluding hydrogens is 536 g/mol. The molecule has 5 aromatic rings. The predicted octanol–water partition coefficient (Wildman–Crippen LogP) is 7.84. The molecule has 1 atom stereocenters. The highest BCUT2D eigenvalue weighted by atomic mass is 16.5. The van der Waals surface area contributed by atoms with Gasteiger partial charge in [0.2, 0.25) is 0 Å². The number of pyridine rings is 2. The van der Waals surface area contributed by atoms with E-state index in [4.69, 9.17) is 14.8 Å². The molecule has 0 saturated carbocycles. The van der Waals surface area contributed by atoms with Crippen molar-refractivity contribution in [3.63, 3.8) is 0 Å². The summed E-state index contributed by atoms with van der Waals surface area (Å²) in [5, 5.41) is 12.9. The quantitative estimate of drug-likeness (QED) is 0.215. The number of carbonyl (C=O) groups is 1. The zero-order valence-electron chi connectivity index (χ0n) is 25.2. The third kappa shape index (κ3) is 6.44. The molecule has 1 unspecified atom stereocenters. The number of amides is 2. The maximum atomic E-state index is 13.4. The van der Waals surface area contributed by atoms with Gasteiger partial charge in [-0.2, -0.15) is 5.10 Å². The number of hydrogen-bond acceptors (Lipinski definition) is 5. The fourth-order valence-corrected chi connectivity index (χ4v) is 5.45. The van der Waals surface area contributed by atoms with Gasteiger partial charge in [-0.05, 0) is 61.4 Å². The van der Waals surface area contributed by atoms with Gasteiger partial charge in [0, 0.05) is 53.0 Å². The van der Waals surface area contributed by atoms with Crippen LogP contribution in [0.15, 0.2) is 79.1 Å². The standard InChI is InChI=1S/C35H38N6O2/c1-23-12-15-26(22-36-23)41-33(20-32(40-41)35(2,3)4)39-34(42)38-31-17-16-28(29-10-5-6-11-30(29)31)24-13-14-25(37-21-24)19-27-9-7-8-18-43-27/h5-6,10-17,20-22,27H,7-9,18-19H2,1-4H3,(H2,38,39,42). The van der Waals surface area contributed by atoms with Crippen molar-refractivity contribution in [3.05, 3.63) is 96.2 Å². The first-order valence-electron chi connectivity index (χ1n) is 14.9. The van der Waals surface area contributed by atoms with Gasteiger partial charge in [-0.15, -0.1) is 0 Å². The topological polar surface area (TPSA) is 94.0 Å². The SMILES string of the molecule is Cc1ccc(-n2nc(C(C)(C)C)cc2NC(=O)Nc2ccc(-c3ccc(CC4CCCCO4)nc3)c3ccccc23)cn1. The zero-order valence-corrected chi connectivity index (χ0v) is 25.2. The minimum absolute atomic E-state index is 0.195. The summed E-state index contributed by atoms with van der Waals surface area (Å²) in [6.07, 6.45) is 8.27. The molecule has 1 aliphatic rings. The van der Waals surface area contributed by atoms with Crippen LogP contribution in [-0.4, -0.2) is 38.5 Å². The van der Waals surface area contributed by atoms with Gasteiger partial charge in [-0.1, -0.05) is 57.2 Å². The number of hydrogen-bond donors (Lipinski definition) is 2. The highest BCUT2D eigenvalue weighted by Gasteiger charge is 2.22. The summed E-state index contributed by atoms with van der Waals surface area (Å²) < 4.78 is 7.63. The van der Waals surface area contributed by atoms with Gasteiger partial charge in [0.1, 0.15) is 5.82 Å². The molecule has 8 heteroatoms. The molecule has 2 amide bonds. The lowest BCUT2D eigenvalue weighted by atomic mass is 9.92. The number of urea groups is 1. The highest BCUT2D eigenvalue weighted by molar-refractivity contribution is 6.09. The Balaban J connectivity index is 1.24. The van der Waals surface area contributed by atoms with Crippen LogP contribution in [0.25, 0.3) is 27.6 Å². The van der Waals surface area contributed by atoms with Crippen molar-refractivity contribution in [2.24, 2.45) is 0 Å². The molecule has 1 fully saturated rings. The van der Waals surface area contributed by atoms with Crippen LogP contribution < -0.4 is 10.6 Å². The number of aromatic nitrogens is 4. The monoisotopic (exact) mass is 574 g/mol. The Hall–Kier alpha value is -4.56. The van der Waals surface area contributed by atoms with Crippen LogP contribution in [0.3, 0.4) is 0 Å². The van der Waals surface area contributed by atoms with Gasteiger partial charge in [0.05, 0.1) is 29.4 Å². The van der Waals surface area contributed by atoms with E-state index >= 15 is 0 Å². The third-order valence-electron chi connectivity index (χ3n) is 7.88. The molecule has 8 nitrogen and oxygen atoms in total. The number of carbonyl (C=O) groups excluding carboxylic acids is 1. The molecule has 1 aliphatic heterocycles. The number of aryl methyl sites for hydroxylation is 1. The second-order valence-electron chi connectivity index (χ2n) is 12.3. The van der Waals surface area contributed by atoms with Gasteiger partial charge in [-0.3, -0.25) is 15.3 Å². The zero-order chi connectivity index (χ0) is 30.0. The first kappa shape index (κ1) is 28.6. The largest absolute Gasteiger partial charge is 0.378 e. The van der Waals surface area contributed by atoms with E-state index in [1.165, 1.54) is 6.42 Å². The third-order valence-corrected chi connectivity index (χ3v) is 7.88. The summed E-state index contributed by atoms with van der Waals surface area (Å²) in [7, 11) is 0. The average molecular weight is 575 g/mol. The maximum absolute atomic E-state index is 13.4. The van der Waals surface area contributed by atoms with Crippen LogP contribution in [0.2, 0.25) is 0 Å². The lowest BCUT2D eigenvalue weighted by Crippen LogP contribution is -2.21. The van der Waals surface area contributed by atoms with Crippen LogP contribution in [0.5, 0.6) is 0 Å². The van der Waals surface area contributed by atoms with Crippen LogP contribution in [0, 0.1) is 6.92 Å². The van der Waals surface area contributed by atoms with E-state index < -0.39 is 0 Å². The molecule has 6 rings (SSSR count). The van der Waals surface area contributed by atoms with Crippen molar-refractivity contribution in [2.45, 2.75) is 64.9 Å². The second-order valence-corrected chi connectivity index (χ2v) is 12.3. The minimum atomic E-state index is -0.351. The number of fused-ring (bicyclic) bond motifs is 1. The van der Waals surface area contributed by atoms with Crippen LogP contribution >= 0.6 is 0 Å². The molecule has 0 spiro atoms. The van der Waals surface area contributed by atoms with E-state index in [0.717, 1.165) is 76.2 Å². The Morgan fingerprint density at radius 3 is 2.49 bits per heavy atom. The summed E-state index contributed by atoms with van der Waals surface area (Å²) in [6, 6.07) is 21.7. The molecule has 0 bridgehead atoms. The second kappa shape index (κ2) is 12.0. The fraction of sp³-hybridized carbons (Fsp3) is 0.314. The molecular formula is C35H38N6O2. The first-order valence-corrected chi connectivity index (χ1v) is 14.9. The van der Waals surface area contributed by atoms with Gasteiger partial charge >= 0.3 is 6.03 Å². The van der Waals surface area contributed by atoms with Crippen molar-refractivity contribution in [2.75, 3.05) is 17.2 Å². The van der Waals surface area contributed by atoms with Gasteiger partial charge in [0.15, 0.2) is 0 Å². The Bertz CT molecular complexity index is 1730. The lowest BCUT2D eigenvalue weighted by molar-refractivity contribution is 0.0162. The minimum Gasteiger partial charge on any atom is -0.378 e. The molecule has 1 saturated heterocycles. The normalized spacial score (nSPS) is 15.4. The molecule has 4 heterocycles. The molecule has 2 N–H and O–H groups in total. The van der Waals surface area contributed by atoms with Crippen molar-refractivity contribution in [1.82, 2.24) is 19.7 Å². The number of anilines is 2. The van der Waals surface area contributed by atoms with Crippen molar-refractivity contribution < 1.29 is 9.53 Å². The molecule has 2 aromatic carbocycles. The van der Waals surface area contributed by atoms with E-state index in [0.29, 0.717) is 5.82 Å². The van der Waals surface area contributed by atoms with Crippen molar-refractivity contribution >= 4 is 28.3 Å². The van der Waals surface area contributed by atoms with E-state index in [1.807, 2.05) is 61.7 Å². The average Bonchev–Trinajstić information content (AvgIpc) is 3.43. The molecule has 220 valence electrons. The summed E-state index contributed by atoms with van der Waals surface area (Å²) in [5.41, 5.74) is 6.22. The van der Waals surface area contributed by atoms with E-state index in [2.05, 4.69) is 54.6 Å². The number of rotatable bonds is 6. The maximum Gasteiger partial charge on any atom is 0.324 e. The number of benzene rings is 2. The van der Waals surface area contributed by atoms with Gasteiger partial charge in [-0.25, -0.2) is 9.48 Å². The summed E-state index contributed by atoms with van der Waals surface area (Å²) in [6.45, 7) is 9.07. The van der Waals surface area contributed by atoms with E-state index in [9.17, 15) is 4.79 Å². The summed E-state index contributed by atoms with van der Waals surface area (Å²) >= 11 is 0. The Kier molecular flexibility index (Phi) is 7.95. The van der Waals surface area contributed by atoms with Crippen LogP contribution in [0.1, 0.15) is 57.1 Å². The number of nitrogens with zero attached hydrogens (tertiary/aromatic N) is 4. The smallest absolute Gasteiger partial charge is 0.324 e. The first-order chi connectivity index (χ1) is 20.7. The van der Waals surface area contributed by atoms with Crippen LogP contribution in [0.4, 0.5) is 16.3 Å². The number of ether oxygens (including phenoxy) is 1. The van der Waals surface area contributed by atoms with Gasteiger partial charge in [0.25, 0.3) is 0 Å². The molecule has 3 aromatic heterocycles. The summed E-state index contributed by atoms with van der Waals surface area (Å²) in [5.74, 6) is 0.568. The van der Waals surface area contributed by atoms with E-state index in [-0.39, 0.29) is 17.6 Å². The molecule has 0 aliphatic carbocycles. The predicted molar refractivity (Wildman–Crippen MR) is 172 cm³/mol. The summed E-state index contributed by atoms with van der Waals surface area (Å²) in [4.78, 5) is 22.6. The Morgan fingerprint density at radius 2 is 1.79 bits per heavy atom. The molecule has 0 radical (unpaired) electrons. The van der Waals surface area contributed by atoms with E-state index in [1.54, 1.807) is 10.9 Å².